The average Bonchev–Trinajstić information content (AvgIpc) is 2.86. The predicted octanol–water partition coefficient (Wildman–Crippen LogP) is 7.34. The molecule has 2 aromatic rings. The molecule has 0 aromatic heterocycles. The third-order valence-electron chi connectivity index (χ3n) is 6.89. The number of unbranched alkanes of at least 4 members (excludes halogenated alkanes) is 1. The Morgan fingerprint density at radius 2 is 1.68 bits per heavy atom. The van der Waals surface area contributed by atoms with E-state index in [2.05, 4.69) is 15.9 Å². The molecule has 0 atom stereocenters. The van der Waals surface area contributed by atoms with Gasteiger partial charge in [-0.05, 0) is 93.3 Å². The van der Waals surface area contributed by atoms with Crippen molar-refractivity contribution in [3.63, 3.8) is 0 Å². The minimum Gasteiger partial charge on any atom is -0.466 e. The van der Waals surface area contributed by atoms with Gasteiger partial charge in [0.2, 0.25) is 0 Å². The second-order valence-corrected chi connectivity index (χ2v) is 12.3. The molecule has 0 spiro atoms. The summed E-state index contributed by atoms with van der Waals surface area (Å²) in [7, 11) is -4.42. The van der Waals surface area contributed by atoms with Gasteiger partial charge in [-0.3, -0.25) is 4.79 Å². The van der Waals surface area contributed by atoms with E-state index in [1.807, 2.05) is 0 Å². The molecule has 0 unspecified atom stereocenters. The maximum atomic E-state index is 14.9. The van der Waals surface area contributed by atoms with Gasteiger partial charge >= 0.3 is 12.1 Å². The molecule has 2 aromatic carbocycles. The maximum Gasteiger partial charge on any atom is 0.416 e. The van der Waals surface area contributed by atoms with Crippen molar-refractivity contribution in [3.05, 3.63) is 65.2 Å². The number of alkyl halides is 4. The van der Waals surface area contributed by atoms with Crippen LogP contribution in [0.15, 0.2) is 47.4 Å². The first kappa shape index (κ1) is 29.5. The minimum atomic E-state index is -4.65. The van der Waals surface area contributed by atoms with Gasteiger partial charge in [0.25, 0.3) is 0 Å². The van der Waals surface area contributed by atoms with E-state index in [-0.39, 0.29) is 36.7 Å². The molecule has 0 aliphatic heterocycles. The molecular formula is C26H28BrF5O4S. The fourth-order valence-electron chi connectivity index (χ4n) is 4.79. The zero-order valence-electron chi connectivity index (χ0n) is 20.0. The lowest BCUT2D eigenvalue weighted by molar-refractivity contribution is -0.144. The molecule has 4 nitrogen and oxygen atoms in total. The molecule has 3 rings (SSSR count). The summed E-state index contributed by atoms with van der Waals surface area (Å²) in [5.74, 6) is -2.10. The van der Waals surface area contributed by atoms with Crippen molar-refractivity contribution >= 4 is 31.7 Å². The Morgan fingerprint density at radius 1 is 1.03 bits per heavy atom. The molecule has 0 heterocycles. The largest absolute Gasteiger partial charge is 0.466 e. The zero-order chi connectivity index (χ0) is 27.3. The molecule has 204 valence electrons. The number of rotatable bonds is 10. The van der Waals surface area contributed by atoms with E-state index in [1.165, 1.54) is 0 Å². The van der Waals surface area contributed by atoms with Crippen molar-refractivity contribution in [2.45, 2.75) is 67.2 Å². The van der Waals surface area contributed by atoms with Gasteiger partial charge in [0.1, 0.15) is 16.4 Å². The highest BCUT2D eigenvalue weighted by atomic mass is 79.9. The first-order valence-corrected chi connectivity index (χ1v) is 14.6. The number of esters is 1. The van der Waals surface area contributed by atoms with Crippen molar-refractivity contribution in [2.24, 2.45) is 5.92 Å². The molecule has 11 heteroatoms. The fraction of sp³-hybridized carbons (Fsp3) is 0.500. The number of carbonyl (C=O) groups is 1. The van der Waals surface area contributed by atoms with Crippen molar-refractivity contribution in [1.29, 1.82) is 0 Å². The summed E-state index contributed by atoms with van der Waals surface area (Å²) >= 11 is 3.30. The lowest BCUT2D eigenvalue weighted by Gasteiger charge is -2.40. The number of halogens is 6. The van der Waals surface area contributed by atoms with Crippen LogP contribution in [0.25, 0.3) is 0 Å². The Balaban J connectivity index is 1.84. The Hall–Kier alpha value is -2.01. The first-order chi connectivity index (χ1) is 17.4. The van der Waals surface area contributed by atoms with Crippen LogP contribution in [0.5, 0.6) is 0 Å². The van der Waals surface area contributed by atoms with Gasteiger partial charge in [-0.1, -0.05) is 15.9 Å². The number of hydrogen-bond acceptors (Lipinski definition) is 4. The topological polar surface area (TPSA) is 60.4 Å². The van der Waals surface area contributed by atoms with Gasteiger partial charge in [0, 0.05) is 17.3 Å². The Kier molecular flexibility index (Phi) is 9.77. The van der Waals surface area contributed by atoms with Crippen LogP contribution in [0.4, 0.5) is 22.0 Å². The molecule has 1 aliphatic carbocycles. The second-order valence-electron chi connectivity index (χ2n) is 9.24. The maximum absolute atomic E-state index is 14.9. The predicted molar refractivity (Wildman–Crippen MR) is 132 cm³/mol. The summed E-state index contributed by atoms with van der Waals surface area (Å²) in [6.07, 6.45) is -1.93. The lowest BCUT2D eigenvalue weighted by atomic mass is 9.76. The Morgan fingerprint density at radius 3 is 2.27 bits per heavy atom. The number of ether oxygens (including phenoxy) is 1. The van der Waals surface area contributed by atoms with E-state index < -0.39 is 42.9 Å². The molecule has 0 amide bonds. The number of sulfone groups is 1. The van der Waals surface area contributed by atoms with Crippen molar-refractivity contribution in [3.8, 4) is 0 Å². The van der Waals surface area contributed by atoms with Crippen LogP contribution in [-0.4, -0.2) is 26.3 Å². The number of hydrogen-bond donors (Lipinski definition) is 0. The van der Waals surface area contributed by atoms with Crippen molar-refractivity contribution in [2.75, 3.05) is 11.9 Å². The van der Waals surface area contributed by atoms with Gasteiger partial charge in [-0.25, -0.2) is 17.2 Å². The average molecular weight is 611 g/mol. The smallest absolute Gasteiger partial charge is 0.416 e. The first-order valence-electron chi connectivity index (χ1n) is 12.0. The van der Waals surface area contributed by atoms with Gasteiger partial charge in [-0.15, -0.1) is 0 Å². The van der Waals surface area contributed by atoms with Gasteiger partial charge in [0.05, 0.1) is 17.1 Å². The van der Waals surface area contributed by atoms with Crippen LogP contribution in [-0.2, 0) is 30.3 Å². The molecule has 0 saturated heterocycles. The van der Waals surface area contributed by atoms with Crippen LogP contribution in [0, 0.1) is 17.6 Å². The fourth-order valence-corrected chi connectivity index (χ4v) is 7.35. The summed E-state index contributed by atoms with van der Waals surface area (Å²) < 4.78 is 99.1. The molecule has 0 bridgehead atoms. The van der Waals surface area contributed by atoms with E-state index in [0.29, 0.717) is 38.0 Å². The van der Waals surface area contributed by atoms with Crippen LogP contribution >= 0.6 is 15.9 Å². The monoisotopic (exact) mass is 610 g/mol. The Labute approximate surface area is 221 Å². The standard InChI is InChI=1S/C26H28BrF5O4S/c27-15-1-2-16-36-24(33)10-3-18-11-13-25(14-12-18,22-17-20(28)6-9-23(22)29)37(34,35)21-7-4-19(5-8-21)26(30,31)32/h4-9,17-18H,1-3,10-16H2. The van der Waals surface area contributed by atoms with Crippen molar-refractivity contribution < 1.29 is 39.9 Å². The Bertz CT molecular complexity index is 1170. The van der Waals surface area contributed by atoms with Crippen molar-refractivity contribution in [1.82, 2.24) is 0 Å². The van der Waals surface area contributed by atoms with Crippen LogP contribution in [0.1, 0.15) is 62.5 Å². The minimum absolute atomic E-state index is 0.0392. The molecule has 0 N–H and O–H groups in total. The van der Waals surface area contributed by atoms with Crippen LogP contribution in [0.2, 0.25) is 0 Å². The lowest BCUT2D eigenvalue weighted by Crippen LogP contribution is -2.40. The van der Waals surface area contributed by atoms with Gasteiger partial charge in [0.15, 0.2) is 9.84 Å². The molecule has 1 aliphatic rings. The summed E-state index contributed by atoms with van der Waals surface area (Å²) in [5, 5.41) is 0.815. The summed E-state index contributed by atoms with van der Waals surface area (Å²) in [6, 6.07) is 5.62. The highest BCUT2D eigenvalue weighted by molar-refractivity contribution is 9.09. The van der Waals surface area contributed by atoms with E-state index >= 15 is 0 Å². The van der Waals surface area contributed by atoms with E-state index in [4.69, 9.17) is 4.74 Å². The molecular weight excluding hydrogens is 583 g/mol. The molecule has 37 heavy (non-hydrogen) atoms. The van der Waals surface area contributed by atoms with E-state index in [1.54, 1.807) is 0 Å². The van der Waals surface area contributed by atoms with E-state index in [0.717, 1.165) is 48.5 Å². The van der Waals surface area contributed by atoms with Crippen LogP contribution in [0.3, 0.4) is 0 Å². The van der Waals surface area contributed by atoms with Crippen LogP contribution < -0.4 is 0 Å². The van der Waals surface area contributed by atoms with Gasteiger partial charge < -0.3 is 4.74 Å². The SMILES string of the molecule is O=C(CCC1CCC(c2cc(F)ccc2F)(S(=O)(=O)c2ccc(C(F)(F)F)cc2)CC1)OCCCCBr. The molecule has 0 radical (unpaired) electrons. The third-order valence-corrected chi connectivity index (χ3v) is 10.00. The van der Waals surface area contributed by atoms with E-state index in [9.17, 15) is 35.2 Å². The number of benzene rings is 2. The quantitative estimate of drug-likeness (QED) is 0.122. The van der Waals surface area contributed by atoms with Gasteiger partial charge in [-0.2, -0.15) is 13.2 Å². The highest BCUT2D eigenvalue weighted by Crippen LogP contribution is 2.50. The zero-order valence-corrected chi connectivity index (χ0v) is 22.4. The summed E-state index contributed by atoms with van der Waals surface area (Å²) in [4.78, 5) is 11.6. The highest BCUT2D eigenvalue weighted by Gasteiger charge is 2.50. The molecule has 1 fully saturated rings. The third kappa shape index (κ3) is 6.90. The second kappa shape index (κ2) is 12.2. The number of carbonyl (C=O) groups excluding carboxylic acids is 1. The normalized spacial score (nSPS) is 20.5. The summed E-state index contributed by atoms with van der Waals surface area (Å²) in [6.45, 7) is 0.322. The summed E-state index contributed by atoms with van der Waals surface area (Å²) in [5.41, 5.74) is -1.35. The molecule has 1 saturated carbocycles.